The van der Waals surface area contributed by atoms with Gasteiger partial charge in [0.15, 0.2) is 0 Å². The zero-order valence-corrected chi connectivity index (χ0v) is 11.5. The molecule has 0 aromatic rings. The summed E-state index contributed by atoms with van der Waals surface area (Å²) in [5, 5.41) is -0.963. The molecule has 0 saturated heterocycles. The summed E-state index contributed by atoms with van der Waals surface area (Å²) in [5.74, 6) is 0. The highest BCUT2D eigenvalue weighted by Crippen LogP contribution is 2.40. The van der Waals surface area contributed by atoms with Crippen molar-refractivity contribution >= 4 is 95.1 Å². The lowest BCUT2D eigenvalue weighted by Crippen LogP contribution is -2.51. The standard InChI is InChI=1S/BCl7Si2/c2-1(3)9(4,5)10(6,7)8. The molecule has 0 aliphatic carbocycles. The Morgan fingerprint density at radius 3 is 1.10 bits per heavy atom. The molecule has 0 atom stereocenters. The van der Waals surface area contributed by atoms with Crippen molar-refractivity contribution in [1.82, 2.24) is 0 Å². The topological polar surface area (TPSA) is 0 Å². The van der Waals surface area contributed by atoms with Gasteiger partial charge in [0.1, 0.15) is 0 Å². The Morgan fingerprint density at radius 1 is 0.800 bits per heavy atom. The van der Waals surface area contributed by atoms with Gasteiger partial charge in [-0.05, 0) is 0 Å². The molecule has 0 bridgehead atoms. The molecule has 0 aliphatic heterocycles. The second-order valence-electron chi connectivity index (χ2n) is 1.42. The minimum absolute atomic E-state index is 0.963. The van der Waals surface area contributed by atoms with Crippen molar-refractivity contribution in [3.05, 3.63) is 0 Å². The average molecular weight is 315 g/mol. The van der Waals surface area contributed by atoms with E-state index in [2.05, 4.69) is 0 Å². The van der Waals surface area contributed by atoms with E-state index in [1.807, 2.05) is 0 Å². The molecule has 10 heteroatoms. The van der Waals surface area contributed by atoms with Gasteiger partial charge < -0.3 is 0 Å². The van der Waals surface area contributed by atoms with Crippen LogP contribution in [0, 0.1) is 0 Å². The third-order valence-electron chi connectivity index (χ3n) is 0.652. The predicted octanol–water partition coefficient (Wildman–Crippen LogP) is 3.68. The van der Waals surface area contributed by atoms with Gasteiger partial charge in [-0.2, -0.15) is 45.1 Å². The van der Waals surface area contributed by atoms with E-state index in [-0.39, 0.29) is 0 Å². The second-order valence-corrected chi connectivity index (χ2v) is 26.4. The molecule has 0 aromatic carbocycles. The van der Waals surface area contributed by atoms with Gasteiger partial charge in [-0.3, -0.25) is 0 Å². The van der Waals surface area contributed by atoms with E-state index >= 15 is 0 Å². The lowest BCUT2D eigenvalue weighted by Gasteiger charge is -2.20. The fourth-order valence-corrected chi connectivity index (χ4v) is 10.0. The van der Waals surface area contributed by atoms with Crippen molar-refractivity contribution in [3.63, 3.8) is 0 Å². The molecular formula is BCl7Si2. The van der Waals surface area contributed by atoms with Crippen LogP contribution in [-0.4, -0.2) is 16.7 Å². The highest BCUT2D eigenvalue weighted by molar-refractivity contribution is 8.17. The van der Waals surface area contributed by atoms with E-state index in [0.29, 0.717) is 0 Å². The fraction of sp³-hybridized carbons (Fsp3) is 0. The summed E-state index contributed by atoms with van der Waals surface area (Å²) in [4.78, 5) is 0. The van der Waals surface area contributed by atoms with E-state index in [9.17, 15) is 0 Å². The fourth-order valence-electron chi connectivity index (χ4n) is 0.124. The van der Waals surface area contributed by atoms with Crippen LogP contribution >= 0.6 is 78.3 Å². The van der Waals surface area contributed by atoms with E-state index in [0.717, 1.165) is 0 Å². The molecule has 10 heavy (non-hydrogen) atoms. The zero-order chi connectivity index (χ0) is 8.58. The predicted molar refractivity (Wildman–Crippen MR) is 58.2 cm³/mol. The van der Waals surface area contributed by atoms with Crippen LogP contribution in [0.4, 0.5) is 0 Å². The SMILES string of the molecule is ClB(Cl)[Si](Cl)(Cl)[Si](Cl)(Cl)Cl. The van der Waals surface area contributed by atoms with Crippen molar-refractivity contribution in [3.8, 4) is 0 Å². The molecule has 0 aromatic heterocycles. The van der Waals surface area contributed by atoms with Gasteiger partial charge in [0, 0.05) is 0 Å². The molecule has 0 amide bonds. The van der Waals surface area contributed by atoms with Crippen molar-refractivity contribution in [2.24, 2.45) is 0 Å². The first kappa shape index (κ1) is 12.5. The first-order valence-electron chi connectivity index (χ1n) is 1.92. The molecule has 0 aliphatic rings. The normalized spacial score (nSPS) is 13.5. The third kappa shape index (κ3) is 3.11. The van der Waals surface area contributed by atoms with E-state index in [1.165, 1.54) is 0 Å². The first-order chi connectivity index (χ1) is 4.19. The zero-order valence-electron chi connectivity index (χ0n) is 4.22. The van der Waals surface area contributed by atoms with Crippen LogP contribution < -0.4 is 0 Å². The summed E-state index contributed by atoms with van der Waals surface area (Å²) < 4.78 is 0. The molecule has 0 rings (SSSR count). The van der Waals surface area contributed by atoms with Gasteiger partial charge in [0.25, 0.3) is 6.08 Å². The molecule has 0 nitrogen and oxygen atoms in total. The highest BCUT2D eigenvalue weighted by Gasteiger charge is 2.59. The first-order valence-corrected chi connectivity index (χ1v) is 12.9. The monoisotopic (exact) mass is 312 g/mol. The van der Waals surface area contributed by atoms with Crippen molar-refractivity contribution in [2.45, 2.75) is 0 Å². The molecule has 0 N–H and O–H groups in total. The van der Waals surface area contributed by atoms with Gasteiger partial charge >= 0.3 is 10.7 Å². The molecular weight excluding hydrogens is 315 g/mol. The summed E-state index contributed by atoms with van der Waals surface area (Å²) in [5.41, 5.74) is -3.13. The molecule has 0 spiro atoms. The van der Waals surface area contributed by atoms with Crippen LogP contribution in [-0.2, 0) is 0 Å². The Morgan fingerprint density at radius 2 is 1.10 bits per heavy atom. The second kappa shape index (κ2) is 4.16. The summed E-state index contributed by atoms with van der Waals surface area (Å²) in [6, 6.07) is 0. The number of hydrogen-bond acceptors (Lipinski definition) is 0. The lowest BCUT2D eigenvalue weighted by atomic mass is 10.7. The summed E-state index contributed by atoms with van der Waals surface area (Å²) in [6.07, 6.45) is -3.07. The largest absolute Gasteiger partial charge is 0.376 e. The minimum Gasteiger partial charge on any atom is -0.173 e. The molecule has 0 saturated carbocycles. The molecule has 60 valence electrons. The summed E-state index contributed by atoms with van der Waals surface area (Å²) in [6.45, 7) is 0. The maximum Gasteiger partial charge on any atom is 0.376 e. The number of hydrogen-bond donors (Lipinski definition) is 0. The Hall–Kier alpha value is 2.53. The van der Waals surface area contributed by atoms with Gasteiger partial charge in [0.05, 0.1) is 0 Å². The molecule has 0 radical (unpaired) electrons. The lowest BCUT2D eigenvalue weighted by molar-refractivity contribution is 3.40. The van der Waals surface area contributed by atoms with Crippen molar-refractivity contribution < 1.29 is 0 Å². The smallest absolute Gasteiger partial charge is 0.173 e. The van der Waals surface area contributed by atoms with Crippen LogP contribution in [0.2, 0.25) is 0 Å². The number of rotatable bonds is 2. The van der Waals surface area contributed by atoms with E-state index in [1.54, 1.807) is 0 Å². The molecule has 0 fully saturated rings. The summed E-state index contributed by atoms with van der Waals surface area (Å²) >= 11 is 38.7. The maximum absolute atomic E-state index is 5.65. The van der Waals surface area contributed by atoms with Gasteiger partial charge in [-0.1, -0.05) is 0 Å². The Kier molecular flexibility index (Phi) is 5.21. The quantitative estimate of drug-likeness (QED) is 0.539. The van der Waals surface area contributed by atoms with Gasteiger partial charge in [0.2, 0.25) is 0 Å². The maximum atomic E-state index is 5.65. The molecule has 0 heterocycles. The van der Waals surface area contributed by atoms with Gasteiger partial charge in [-0.15, -0.1) is 33.2 Å². The van der Waals surface area contributed by atoms with Crippen LogP contribution in [0.15, 0.2) is 0 Å². The third-order valence-corrected chi connectivity index (χ3v) is 29.2. The minimum atomic E-state index is -3.13. The highest BCUT2D eigenvalue weighted by atomic mass is 35.9. The van der Waals surface area contributed by atoms with Crippen LogP contribution in [0.3, 0.4) is 0 Å². The van der Waals surface area contributed by atoms with Crippen LogP contribution in [0.25, 0.3) is 0 Å². The Balaban J connectivity index is 4.40. The molecule has 0 unspecified atom stereocenters. The van der Waals surface area contributed by atoms with Crippen molar-refractivity contribution in [1.29, 1.82) is 0 Å². The number of halogens is 7. The van der Waals surface area contributed by atoms with Gasteiger partial charge in [-0.25, -0.2) is 0 Å². The van der Waals surface area contributed by atoms with E-state index < -0.39 is 16.7 Å². The van der Waals surface area contributed by atoms with Crippen LogP contribution in [0.1, 0.15) is 0 Å². The van der Waals surface area contributed by atoms with Crippen molar-refractivity contribution in [2.75, 3.05) is 0 Å². The Labute approximate surface area is 94.2 Å². The summed E-state index contributed by atoms with van der Waals surface area (Å²) in [7, 11) is 0. The van der Waals surface area contributed by atoms with Crippen LogP contribution in [0.5, 0.6) is 0 Å². The average Bonchev–Trinajstić information content (AvgIpc) is 1.62. The Bertz CT molecular complexity index is 113. The van der Waals surface area contributed by atoms with E-state index in [4.69, 9.17) is 78.3 Å².